The van der Waals surface area contributed by atoms with E-state index in [2.05, 4.69) is 35.6 Å². The van der Waals surface area contributed by atoms with E-state index in [0.717, 1.165) is 53.3 Å². The van der Waals surface area contributed by atoms with Crippen LogP contribution < -0.4 is 15.4 Å². The first kappa shape index (κ1) is 32.8. The molecule has 0 aliphatic heterocycles. The summed E-state index contributed by atoms with van der Waals surface area (Å²) >= 11 is 0. The number of nitrogens with zero attached hydrogens (tertiary/aromatic N) is 7. The van der Waals surface area contributed by atoms with Crippen molar-refractivity contribution in [2.75, 3.05) is 37.9 Å². The van der Waals surface area contributed by atoms with Crippen molar-refractivity contribution in [1.29, 1.82) is 0 Å². The fourth-order valence-electron chi connectivity index (χ4n) is 5.76. The summed E-state index contributed by atoms with van der Waals surface area (Å²) in [5, 5.41) is 21.3. The van der Waals surface area contributed by atoms with Gasteiger partial charge in [0.15, 0.2) is 5.82 Å². The highest BCUT2D eigenvalue weighted by molar-refractivity contribution is 7.90. The average molecular weight is 662 g/mol. The lowest BCUT2D eigenvalue weighted by Crippen LogP contribution is -2.37. The Kier molecular flexibility index (Phi) is 9.44. The quantitative estimate of drug-likeness (QED) is 0.184. The van der Waals surface area contributed by atoms with Gasteiger partial charge in [-0.05, 0) is 90.6 Å². The number of hydrogen-bond acceptors (Lipinski definition) is 12. The van der Waals surface area contributed by atoms with Crippen molar-refractivity contribution >= 4 is 27.3 Å². The fourth-order valence-corrected chi connectivity index (χ4v) is 7.24. The molecule has 0 radical (unpaired) electrons. The molecule has 0 amide bonds. The summed E-state index contributed by atoms with van der Waals surface area (Å²) in [4.78, 5) is 20.4. The molecule has 0 unspecified atom stereocenters. The maximum absolute atomic E-state index is 12.6. The number of likely N-dealkylation sites (N-methyl/N-ethyl adjacent to an activating group) is 1. The predicted octanol–water partition coefficient (Wildman–Crippen LogP) is 4.56. The van der Waals surface area contributed by atoms with E-state index in [1.807, 2.05) is 46.1 Å². The van der Waals surface area contributed by atoms with Gasteiger partial charge in [-0.25, -0.2) is 23.4 Å². The topological polar surface area (TPSA) is 160 Å². The summed E-state index contributed by atoms with van der Waals surface area (Å²) < 4.78 is 32.1. The molecule has 2 saturated carbocycles. The Bertz CT molecular complexity index is 1780. The number of ether oxygens (including phenoxy) is 1. The largest absolute Gasteiger partial charge is 0.491 e. The third-order valence-electron chi connectivity index (χ3n) is 8.75. The molecule has 4 aromatic rings. The van der Waals surface area contributed by atoms with Gasteiger partial charge >= 0.3 is 0 Å². The average Bonchev–Trinajstić information content (AvgIpc) is 3.78. The Morgan fingerprint density at radius 3 is 2.47 bits per heavy atom. The molecule has 0 saturated heterocycles. The van der Waals surface area contributed by atoms with Crippen LogP contribution in [0.2, 0.25) is 0 Å². The first-order valence-electron chi connectivity index (χ1n) is 16.1. The van der Waals surface area contributed by atoms with E-state index in [9.17, 15) is 13.5 Å². The van der Waals surface area contributed by atoms with E-state index in [0.29, 0.717) is 48.2 Å². The number of nitrogens with one attached hydrogen (secondary N) is 2. The van der Waals surface area contributed by atoms with Gasteiger partial charge in [0, 0.05) is 42.3 Å². The van der Waals surface area contributed by atoms with Crippen molar-refractivity contribution in [3.05, 3.63) is 55.2 Å². The van der Waals surface area contributed by atoms with Gasteiger partial charge in [-0.1, -0.05) is 0 Å². The van der Waals surface area contributed by atoms with Crippen LogP contribution in [0.1, 0.15) is 52.4 Å². The zero-order valence-corrected chi connectivity index (χ0v) is 28.1. The summed E-state index contributed by atoms with van der Waals surface area (Å²) in [5.74, 6) is 2.40. The van der Waals surface area contributed by atoms with Crippen LogP contribution in [-0.4, -0.2) is 91.7 Å². The Morgan fingerprint density at radius 1 is 1.00 bits per heavy atom. The van der Waals surface area contributed by atoms with Gasteiger partial charge in [0.05, 0.1) is 40.7 Å². The van der Waals surface area contributed by atoms with Crippen LogP contribution >= 0.6 is 0 Å². The summed E-state index contributed by atoms with van der Waals surface area (Å²) in [6.07, 6.45) is 13.1. The third kappa shape index (κ3) is 8.06. The lowest BCUT2D eigenvalue weighted by atomic mass is 9.77. The van der Waals surface area contributed by atoms with Gasteiger partial charge in [-0.15, -0.1) is 0 Å². The molecule has 250 valence electrons. The highest BCUT2D eigenvalue weighted by Gasteiger charge is 2.38. The molecule has 0 spiro atoms. The third-order valence-corrected chi connectivity index (χ3v) is 10.8. The van der Waals surface area contributed by atoms with Crippen molar-refractivity contribution in [2.24, 2.45) is 5.92 Å². The van der Waals surface area contributed by atoms with Crippen molar-refractivity contribution in [3.63, 3.8) is 0 Å². The van der Waals surface area contributed by atoms with Crippen LogP contribution in [0, 0.1) is 5.92 Å². The van der Waals surface area contributed by atoms with Crippen LogP contribution in [0.3, 0.4) is 0 Å². The van der Waals surface area contributed by atoms with E-state index in [4.69, 9.17) is 9.72 Å². The second-order valence-corrected chi connectivity index (χ2v) is 15.3. The Morgan fingerprint density at radius 2 is 1.79 bits per heavy atom. The molecule has 14 heteroatoms. The van der Waals surface area contributed by atoms with Crippen LogP contribution in [0.5, 0.6) is 5.75 Å². The maximum Gasteiger partial charge on any atom is 0.256 e. The molecule has 0 bridgehead atoms. The Balaban J connectivity index is 1.22. The van der Waals surface area contributed by atoms with E-state index in [1.54, 1.807) is 24.7 Å². The van der Waals surface area contributed by atoms with Gasteiger partial charge in [-0.3, -0.25) is 4.98 Å². The number of rotatable bonds is 13. The number of aromatic nitrogens is 6. The zero-order chi connectivity index (χ0) is 33.2. The molecule has 47 heavy (non-hydrogen) atoms. The molecular weight excluding hydrogens is 618 g/mol. The lowest BCUT2D eigenvalue weighted by molar-refractivity contribution is -0.000392. The second kappa shape index (κ2) is 13.5. The van der Waals surface area contributed by atoms with Crippen LogP contribution in [-0.2, 0) is 10.0 Å². The highest BCUT2D eigenvalue weighted by atomic mass is 32.2. The first-order valence-corrected chi connectivity index (χ1v) is 17.6. The molecule has 0 aromatic carbocycles. The van der Waals surface area contributed by atoms with Gasteiger partial charge in [-0.2, -0.15) is 9.19 Å². The highest BCUT2D eigenvalue weighted by Crippen LogP contribution is 2.36. The van der Waals surface area contributed by atoms with Crippen molar-refractivity contribution in [3.8, 4) is 28.4 Å². The van der Waals surface area contributed by atoms with Gasteiger partial charge in [0.25, 0.3) is 10.0 Å². The van der Waals surface area contributed by atoms with Crippen molar-refractivity contribution in [2.45, 2.75) is 69.3 Å². The van der Waals surface area contributed by atoms with Gasteiger partial charge in [0.2, 0.25) is 0 Å². The summed E-state index contributed by atoms with van der Waals surface area (Å²) in [6.45, 7) is 5.17. The molecule has 2 aliphatic carbocycles. The summed E-state index contributed by atoms with van der Waals surface area (Å²) in [5.41, 5.74) is 2.31. The van der Waals surface area contributed by atoms with E-state index >= 15 is 0 Å². The second-order valence-electron chi connectivity index (χ2n) is 13.2. The van der Waals surface area contributed by atoms with Gasteiger partial charge in [0.1, 0.15) is 24.0 Å². The minimum atomic E-state index is -3.49. The number of aliphatic hydroxyl groups is 1. The molecule has 4 heterocycles. The normalized spacial score (nSPS) is 18.7. The zero-order valence-electron chi connectivity index (χ0n) is 27.3. The van der Waals surface area contributed by atoms with Gasteiger partial charge < -0.3 is 25.4 Å². The molecule has 4 aromatic heterocycles. The molecule has 3 N–H and O–H groups in total. The standard InChI is InChI=1S/C33H43N9O4S/c1-33(2,43)23-5-7-24(8-6-23)38-29-17-31(36-20-27(29)28-12-9-25(19-35-28)46-16-15-41(3)4)39-30-13-14-34-32(40-30)22-18-37-42(21-22)47(44,45)26-10-11-26/h9,12-14,17-21,23-24,26,43H,5-8,10-11,15-16H2,1-4H3,(H2,34,36,38,39,40). The van der Waals surface area contributed by atoms with E-state index < -0.39 is 15.6 Å². The molecule has 0 atom stereocenters. The summed E-state index contributed by atoms with van der Waals surface area (Å²) in [6, 6.07) is 7.76. The molecule has 6 rings (SSSR count). The monoisotopic (exact) mass is 661 g/mol. The molecule has 2 fully saturated rings. The van der Waals surface area contributed by atoms with Crippen molar-refractivity contribution < 1.29 is 18.3 Å². The minimum absolute atomic E-state index is 0.227. The van der Waals surface area contributed by atoms with E-state index in [1.165, 1.54) is 12.4 Å². The number of anilines is 3. The van der Waals surface area contributed by atoms with E-state index in [-0.39, 0.29) is 17.2 Å². The predicted molar refractivity (Wildman–Crippen MR) is 181 cm³/mol. The molecule has 13 nitrogen and oxygen atoms in total. The Hall–Kier alpha value is -4.14. The van der Waals surface area contributed by atoms with Crippen LogP contribution in [0.25, 0.3) is 22.6 Å². The lowest BCUT2D eigenvalue weighted by Gasteiger charge is -2.36. The Labute approximate surface area is 275 Å². The smallest absolute Gasteiger partial charge is 0.256 e. The number of hydrogen-bond donors (Lipinski definition) is 3. The van der Waals surface area contributed by atoms with Crippen molar-refractivity contribution in [1.82, 2.24) is 34.0 Å². The molecule has 2 aliphatic rings. The maximum atomic E-state index is 12.6. The number of pyridine rings is 2. The van der Waals surface area contributed by atoms with Crippen LogP contribution in [0.4, 0.5) is 17.3 Å². The first-order chi connectivity index (χ1) is 22.5. The molecular formula is C33H43N9O4S. The minimum Gasteiger partial charge on any atom is -0.491 e. The van der Waals surface area contributed by atoms with Crippen LogP contribution in [0.15, 0.2) is 55.2 Å². The summed E-state index contributed by atoms with van der Waals surface area (Å²) in [7, 11) is 0.525. The SMILES string of the molecule is CN(C)CCOc1ccc(-c2cnc(Nc3ccnc(-c4cnn(S(=O)(=O)C5CC5)c4)n3)cc2NC2CCC(C(C)(C)O)CC2)nc1. The fraction of sp³-hybridized carbons (Fsp3) is 0.485.